The number of piperidine rings is 1. The van der Waals surface area contributed by atoms with Gasteiger partial charge in [-0.05, 0) is 26.2 Å². The summed E-state index contributed by atoms with van der Waals surface area (Å²) in [5.41, 5.74) is 1.06. The Morgan fingerprint density at radius 1 is 1.48 bits per heavy atom. The van der Waals surface area contributed by atoms with Crippen LogP contribution < -0.4 is 5.32 Å². The molecule has 0 aliphatic carbocycles. The van der Waals surface area contributed by atoms with Crippen molar-refractivity contribution in [2.75, 3.05) is 26.8 Å². The number of carbonyl (C=O) groups is 2. The number of aryl methyl sites for hydroxylation is 2. The van der Waals surface area contributed by atoms with E-state index in [0.29, 0.717) is 19.6 Å². The molecule has 23 heavy (non-hydrogen) atoms. The van der Waals surface area contributed by atoms with Gasteiger partial charge in [0.2, 0.25) is 11.8 Å². The molecule has 128 valence electrons. The van der Waals surface area contributed by atoms with E-state index in [9.17, 15) is 9.59 Å². The molecule has 7 heteroatoms. The van der Waals surface area contributed by atoms with Crippen LogP contribution in [0.1, 0.15) is 35.3 Å². The lowest BCUT2D eigenvalue weighted by atomic mass is 9.97. The zero-order valence-corrected chi connectivity index (χ0v) is 14.9. The van der Waals surface area contributed by atoms with Crippen LogP contribution in [0.15, 0.2) is 0 Å². The minimum absolute atomic E-state index is 0.0213. The minimum atomic E-state index is -0.136. The smallest absolute Gasteiger partial charge is 0.248 e. The quantitative estimate of drug-likeness (QED) is 0.853. The highest BCUT2D eigenvalue weighted by molar-refractivity contribution is 7.11. The Labute approximate surface area is 141 Å². The van der Waals surface area contributed by atoms with Crippen molar-refractivity contribution in [2.24, 2.45) is 5.92 Å². The van der Waals surface area contributed by atoms with E-state index in [-0.39, 0.29) is 24.3 Å². The summed E-state index contributed by atoms with van der Waals surface area (Å²) in [6.45, 7) is 5.84. The van der Waals surface area contributed by atoms with Crippen LogP contribution in [0.25, 0.3) is 0 Å². The Morgan fingerprint density at radius 2 is 2.26 bits per heavy atom. The fraction of sp³-hybridized carbons (Fsp3) is 0.688. The molecule has 1 N–H and O–H groups in total. The second kappa shape index (κ2) is 8.40. The molecule has 0 saturated carbocycles. The monoisotopic (exact) mass is 339 g/mol. The maximum atomic E-state index is 12.4. The topological polar surface area (TPSA) is 71.5 Å². The van der Waals surface area contributed by atoms with Crippen LogP contribution in [0.3, 0.4) is 0 Å². The van der Waals surface area contributed by atoms with Gasteiger partial charge in [-0.3, -0.25) is 9.59 Å². The first-order valence-electron chi connectivity index (χ1n) is 8.04. The van der Waals surface area contributed by atoms with Gasteiger partial charge in [0.05, 0.1) is 23.2 Å². The zero-order valence-electron chi connectivity index (χ0n) is 14.1. The number of rotatable bonds is 6. The first-order chi connectivity index (χ1) is 11.0. The number of carbonyl (C=O) groups excluding carboxylic acids is 2. The molecule has 1 aliphatic rings. The summed E-state index contributed by atoms with van der Waals surface area (Å²) in [5.74, 6) is -0.159. The van der Waals surface area contributed by atoms with E-state index in [1.165, 1.54) is 7.11 Å². The summed E-state index contributed by atoms with van der Waals surface area (Å²) >= 11 is 1.63. The van der Waals surface area contributed by atoms with Gasteiger partial charge in [-0.25, -0.2) is 4.98 Å². The Balaban J connectivity index is 1.88. The van der Waals surface area contributed by atoms with Gasteiger partial charge in [0, 0.05) is 25.1 Å². The Morgan fingerprint density at radius 3 is 2.96 bits per heavy atom. The largest absolute Gasteiger partial charge is 0.375 e. The summed E-state index contributed by atoms with van der Waals surface area (Å²) in [7, 11) is 1.51. The predicted octanol–water partition coefficient (Wildman–Crippen LogP) is 1.52. The molecule has 6 nitrogen and oxygen atoms in total. The van der Waals surface area contributed by atoms with Gasteiger partial charge >= 0.3 is 0 Å². The Kier molecular flexibility index (Phi) is 6.53. The molecule has 0 radical (unpaired) electrons. The van der Waals surface area contributed by atoms with Gasteiger partial charge < -0.3 is 15.0 Å². The van der Waals surface area contributed by atoms with E-state index in [0.717, 1.165) is 34.8 Å². The average molecular weight is 339 g/mol. The van der Waals surface area contributed by atoms with Crippen LogP contribution in [0.5, 0.6) is 0 Å². The summed E-state index contributed by atoms with van der Waals surface area (Å²) in [5, 5.41) is 4.04. The molecule has 1 atom stereocenters. The molecule has 0 aromatic carbocycles. The summed E-state index contributed by atoms with van der Waals surface area (Å²) < 4.78 is 4.89. The fourth-order valence-corrected chi connectivity index (χ4v) is 3.84. The van der Waals surface area contributed by atoms with Gasteiger partial charge in [-0.2, -0.15) is 0 Å². The van der Waals surface area contributed by atoms with Crippen LogP contribution in [0, 0.1) is 12.8 Å². The van der Waals surface area contributed by atoms with E-state index in [4.69, 9.17) is 4.74 Å². The van der Waals surface area contributed by atoms with E-state index in [2.05, 4.69) is 17.2 Å². The van der Waals surface area contributed by atoms with Gasteiger partial charge in [0.1, 0.15) is 6.61 Å². The Hall–Kier alpha value is -1.47. The molecule has 2 amide bonds. The summed E-state index contributed by atoms with van der Waals surface area (Å²) in [6.07, 6.45) is 2.55. The van der Waals surface area contributed by atoms with Crippen LogP contribution >= 0.6 is 11.3 Å². The molecule has 1 aromatic rings. The lowest BCUT2D eigenvalue weighted by Gasteiger charge is -2.31. The highest BCUT2D eigenvalue weighted by Gasteiger charge is 2.28. The number of thiazole rings is 1. The predicted molar refractivity (Wildman–Crippen MR) is 89.3 cm³/mol. The summed E-state index contributed by atoms with van der Waals surface area (Å²) in [4.78, 5) is 31.6. The minimum Gasteiger partial charge on any atom is -0.375 e. The number of nitrogens with zero attached hydrogens (tertiary/aromatic N) is 2. The number of aromatic nitrogens is 1. The van der Waals surface area contributed by atoms with Crippen LogP contribution in [-0.4, -0.2) is 48.5 Å². The number of nitrogens with one attached hydrogen (secondary N) is 1. The molecule has 0 spiro atoms. The molecule has 0 bridgehead atoms. The summed E-state index contributed by atoms with van der Waals surface area (Å²) in [6, 6.07) is 0. The second-order valence-corrected chi connectivity index (χ2v) is 7.07. The van der Waals surface area contributed by atoms with Gasteiger partial charge in [-0.1, -0.05) is 6.92 Å². The van der Waals surface area contributed by atoms with E-state index in [1.54, 1.807) is 16.2 Å². The van der Waals surface area contributed by atoms with Gasteiger partial charge in [0.25, 0.3) is 0 Å². The second-order valence-electron chi connectivity index (χ2n) is 5.79. The SMILES string of the molecule is CCc1nc(C)sc1CNC(=O)[C@@H]1CCCN(C(=O)COC)C1. The zero-order chi connectivity index (χ0) is 16.8. The van der Waals surface area contributed by atoms with Crippen molar-refractivity contribution in [1.29, 1.82) is 0 Å². The lowest BCUT2D eigenvalue weighted by molar-refractivity contribution is -0.139. The molecule has 1 aromatic heterocycles. The van der Waals surface area contributed by atoms with Crippen molar-refractivity contribution >= 4 is 23.2 Å². The highest BCUT2D eigenvalue weighted by Crippen LogP contribution is 2.20. The molecule has 0 unspecified atom stereocenters. The number of likely N-dealkylation sites (tertiary alicyclic amines) is 1. The average Bonchev–Trinajstić information content (AvgIpc) is 2.93. The number of hydrogen-bond acceptors (Lipinski definition) is 5. The lowest BCUT2D eigenvalue weighted by Crippen LogP contribution is -2.46. The fourth-order valence-electron chi connectivity index (χ4n) is 2.87. The molecule has 2 rings (SSSR count). The maximum absolute atomic E-state index is 12.4. The third-order valence-corrected chi connectivity index (χ3v) is 5.07. The number of ether oxygens (including phenoxy) is 1. The normalized spacial score (nSPS) is 18.0. The van der Waals surface area contributed by atoms with Crippen molar-refractivity contribution in [3.05, 3.63) is 15.6 Å². The van der Waals surface area contributed by atoms with Crippen molar-refractivity contribution in [2.45, 2.75) is 39.7 Å². The van der Waals surface area contributed by atoms with Crippen LogP contribution in [0.2, 0.25) is 0 Å². The van der Waals surface area contributed by atoms with Crippen LogP contribution in [0.4, 0.5) is 0 Å². The third kappa shape index (κ3) is 4.75. The van der Waals surface area contributed by atoms with Crippen molar-refractivity contribution in [3.63, 3.8) is 0 Å². The third-order valence-electron chi connectivity index (χ3n) is 4.06. The van der Waals surface area contributed by atoms with Crippen molar-refractivity contribution in [1.82, 2.24) is 15.2 Å². The highest BCUT2D eigenvalue weighted by atomic mass is 32.1. The number of methoxy groups -OCH3 is 1. The molecule has 1 saturated heterocycles. The van der Waals surface area contributed by atoms with E-state index >= 15 is 0 Å². The first kappa shape index (κ1) is 17.9. The Bertz CT molecular complexity index is 559. The van der Waals surface area contributed by atoms with Crippen LogP contribution in [-0.2, 0) is 27.3 Å². The molecule has 2 heterocycles. The van der Waals surface area contributed by atoms with E-state index < -0.39 is 0 Å². The molecule has 1 fully saturated rings. The van der Waals surface area contributed by atoms with Gasteiger partial charge in [0.15, 0.2) is 0 Å². The molecular formula is C16H25N3O3S. The first-order valence-corrected chi connectivity index (χ1v) is 8.86. The molecular weight excluding hydrogens is 314 g/mol. The number of hydrogen-bond donors (Lipinski definition) is 1. The van der Waals surface area contributed by atoms with Gasteiger partial charge in [-0.15, -0.1) is 11.3 Å². The standard InChI is InChI=1S/C16H25N3O3S/c1-4-13-14(23-11(2)18-13)8-17-16(21)12-6-5-7-19(9-12)15(20)10-22-3/h12H,4-10H2,1-3H3,(H,17,21)/t12-/m1/s1. The molecule has 1 aliphatic heterocycles. The van der Waals surface area contributed by atoms with Crippen molar-refractivity contribution < 1.29 is 14.3 Å². The number of amides is 2. The van der Waals surface area contributed by atoms with E-state index in [1.807, 2.05) is 6.92 Å². The van der Waals surface area contributed by atoms with Crippen molar-refractivity contribution in [3.8, 4) is 0 Å². The maximum Gasteiger partial charge on any atom is 0.248 e.